The molecular formula is C20H25N5OS. The van der Waals surface area contributed by atoms with Crippen LogP contribution in [0.5, 0.6) is 0 Å². The summed E-state index contributed by atoms with van der Waals surface area (Å²) < 4.78 is 1.78. The van der Waals surface area contributed by atoms with Crippen molar-refractivity contribution in [1.82, 2.24) is 24.5 Å². The van der Waals surface area contributed by atoms with Crippen molar-refractivity contribution in [3.8, 4) is 0 Å². The van der Waals surface area contributed by atoms with Crippen molar-refractivity contribution in [2.24, 2.45) is 0 Å². The molecular weight excluding hydrogens is 358 g/mol. The Kier molecular flexibility index (Phi) is 3.96. The van der Waals surface area contributed by atoms with Crippen molar-refractivity contribution in [2.75, 3.05) is 6.54 Å². The number of piperidine rings is 1. The monoisotopic (exact) mass is 383 g/mol. The molecule has 6 nitrogen and oxygen atoms in total. The zero-order valence-electron chi connectivity index (χ0n) is 16.2. The number of aromatic nitrogens is 4. The molecule has 0 saturated carbocycles. The van der Waals surface area contributed by atoms with E-state index in [0.29, 0.717) is 11.7 Å². The molecule has 1 amide bonds. The Morgan fingerprint density at radius 3 is 2.81 bits per heavy atom. The average Bonchev–Trinajstić information content (AvgIpc) is 3.24. The first-order valence-electron chi connectivity index (χ1n) is 10.0. The Balaban J connectivity index is 1.68. The molecule has 0 radical (unpaired) electrons. The van der Waals surface area contributed by atoms with Crippen LogP contribution in [0.15, 0.2) is 0 Å². The van der Waals surface area contributed by atoms with Gasteiger partial charge in [0, 0.05) is 17.5 Å². The van der Waals surface area contributed by atoms with E-state index in [1.54, 1.807) is 15.9 Å². The van der Waals surface area contributed by atoms with E-state index in [4.69, 9.17) is 9.97 Å². The van der Waals surface area contributed by atoms with Crippen LogP contribution in [0.4, 0.5) is 0 Å². The van der Waals surface area contributed by atoms with Crippen molar-refractivity contribution in [3.63, 3.8) is 0 Å². The third-order valence-electron chi connectivity index (χ3n) is 6.19. The van der Waals surface area contributed by atoms with Crippen LogP contribution < -0.4 is 0 Å². The van der Waals surface area contributed by atoms with Crippen molar-refractivity contribution >= 4 is 33.1 Å². The highest BCUT2D eigenvalue weighted by Gasteiger charge is 2.30. The second kappa shape index (κ2) is 6.26. The van der Waals surface area contributed by atoms with Gasteiger partial charge in [0.05, 0.1) is 5.39 Å². The summed E-state index contributed by atoms with van der Waals surface area (Å²) in [6, 6.07) is 0.256. The van der Waals surface area contributed by atoms with Gasteiger partial charge in [-0.05, 0) is 63.9 Å². The van der Waals surface area contributed by atoms with E-state index in [9.17, 15) is 4.79 Å². The molecule has 5 rings (SSSR count). The molecule has 3 aromatic rings. The maximum atomic E-state index is 13.1. The van der Waals surface area contributed by atoms with Crippen LogP contribution in [0.25, 0.3) is 15.9 Å². The Hall–Kier alpha value is -2.02. The number of thiophene rings is 1. The van der Waals surface area contributed by atoms with E-state index in [0.717, 1.165) is 47.5 Å². The van der Waals surface area contributed by atoms with Crippen molar-refractivity contribution in [2.45, 2.75) is 71.3 Å². The van der Waals surface area contributed by atoms with Crippen LogP contribution in [0, 0.1) is 6.92 Å². The number of carbonyl (C=O) groups is 1. The lowest BCUT2D eigenvalue weighted by atomic mass is 9.87. The highest BCUT2D eigenvalue weighted by molar-refractivity contribution is 7.19. The minimum atomic E-state index is -0.0457. The van der Waals surface area contributed by atoms with E-state index in [1.165, 1.54) is 29.7 Å². The second-order valence-corrected chi connectivity index (χ2v) is 9.17. The summed E-state index contributed by atoms with van der Waals surface area (Å²) in [4.78, 5) is 27.0. The largest absolute Gasteiger partial charge is 0.333 e. The van der Waals surface area contributed by atoms with Crippen LogP contribution in [0.2, 0.25) is 0 Å². The Morgan fingerprint density at radius 2 is 2.00 bits per heavy atom. The minimum Gasteiger partial charge on any atom is -0.333 e. The normalized spacial score (nSPS) is 23.1. The average molecular weight is 384 g/mol. The zero-order chi connectivity index (χ0) is 18.7. The summed E-state index contributed by atoms with van der Waals surface area (Å²) in [6.07, 6.45) is 6.86. The number of carbonyl (C=O) groups excluding carboxylic acids is 1. The summed E-state index contributed by atoms with van der Waals surface area (Å²) in [6.45, 7) is 7.15. The van der Waals surface area contributed by atoms with Crippen LogP contribution in [0.3, 0.4) is 0 Å². The minimum absolute atomic E-state index is 0.0457. The number of nitrogens with zero attached hydrogens (tertiary/aromatic N) is 5. The van der Waals surface area contributed by atoms with Gasteiger partial charge in [0.25, 0.3) is 5.91 Å². The smallest absolute Gasteiger partial charge is 0.293 e. The van der Waals surface area contributed by atoms with E-state index in [1.807, 2.05) is 11.8 Å². The first-order valence-corrected chi connectivity index (χ1v) is 10.9. The summed E-state index contributed by atoms with van der Waals surface area (Å²) >= 11 is 1.79. The van der Waals surface area contributed by atoms with Gasteiger partial charge in [-0.3, -0.25) is 4.79 Å². The lowest BCUT2D eigenvalue weighted by Gasteiger charge is -2.32. The molecule has 2 atom stereocenters. The van der Waals surface area contributed by atoms with Gasteiger partial charge in [-0.15, -0.1) is 16.4 Å². The topological polar surface area (TPSA) is 63.4 Å². The SMILES string of the molecule is Cc1nc2sc3c(c2c2nc(C(=O)N4CCCC[C@@H]4C)nn12)[C@@H](C)CCC3. The fraction of sp³-hybridized carbons (Fsp3) is 0.600. The molecule has 1 aliphatic heterocycles. The number of amides is 1. The molecule has 0 N–H and O–H groups in total. The number of fused-ring (bicyclic) bond motifs is 5. The molecule has 1 fully saturated rings. The standard InChI is InChI=1S/C20H25N5OS/c1-11-7-6-9-14-15(11)16-18-22-17(20(26)24-10-5-4-8-12(24)2)23-25(18)13(3)21-19(16)27-14/h11-12H,4-10H2,1-3H3/t11-,12-/m0/s1. The van der Waals surface area contributed by atoms with Crippen LogP contribution >= 0.6 is 11.3 Å². The third kappa shape index (κ3) is 2.58. The van der Waals surface area contributed by atoms with E-state index in [-0.39, 0.29) is 11.9 Å². The fourth-order valence-electron chi connectivity index (χ4n) is 4.70. The van der Waals surface area contributed by atoms with Gasteiger partial charge >= 0.3 is 0 Å². The highest BCUT2D eigenvalue weighted by atomic mass is 32.1. The first-order chi connectivity index (χ1) is 13.0. The summed E-state index contributed by atoms with van der Waals surface area (Å²) in [5.41, 5.74) is 2.19. The number of hydrogen-bond donors (Lipinski definition) is 0. The molecule has 0 unspecified atom stereocenters. The summed E-state index contributed by atoms with van der Waals surface area (Å²) in [7, 11) is 0. The summed E-state index contributed by atoms with van der Waals surface area (Å²) in [5, 5.41) is 5.70. The first kappa shape index (κ1) is 17.1. The molecule has 4 heterocycles. The third-order valence-corrected chi connectivity index (χ3v) is 7.35. The predicted molar refractivity (Wildman–Crippen MR) is 107 cm³/mol. The van der Waals surface area contributed by atoms with Gasteiger partial charge in [0.15, 0.2) is 5.65 Å². The molecule has 0 bridgehead atoms. The van der Waals surface area contributed by atoms with Gasteiger partial charge in [-0.1, -0.05) is 6.92 Å². The van der Waals surface area contributed by atoms with E-state index in [2.05, 4.69) is 18.9 Å². The molecule has 1 aliphatic carbocycles. The fourth-order valence-corrected chi connectivity index (χ4v) is 6.08. The van der Waals surface area contributed by atoms with Gasteiger partial charge in [0.2, 0.25) is 5.82 Å². The second-order valence-electron chi connectivity index (χ2n) is 8.09. The quantitative estimate of drug-likeness (QED) is 0.635. The lowest BCUT2D eigenvalue weighted by molar-refractivity contribution is 0.0623. The maximum Gasteiger partial charge on any atom is 0.293 e. The highest BCUT2D eigenvalue weighted by Crippen LogP contribution is 2.42. The van der Waals surface area contributed by atoms with Gasteiger partial charge < -0.3 is 4.90 Å². The maximum absolute atomic E-state index is 13.1. The Morgan fingerprint density at radius 1 is 1.15 bits per heavy atom. The van der Waals surface area contributed by atoms with E-state index >= 15 is 0 Å². The molecule has 142 valence electrons. The van der Waals surface area contributed by atoms with Crippen LogP contribution in [0.1, 0.15) is 78.8 Å². The van der Waals surface area contributed by atoms with Crippen molar-refractivity contribution < 1.29 is 4.79 Å². The van der Waals surface area contributed by atoms with Crippen LogP contribution in [-0.4, -0.2) is 43.0 Å². The van der Waals surface area contributed by atoms with Crippen molar-refractivity contribution in [3.05, 3.63) is 22.1 Å². The number of rotatable bonds is 1. The van der Waals surface area contributed by atoms with Gasteiger partial charge in [0.1, 0.15) is 10.7 Å². The lowest BCUT2D eigenvalue weighted by Crippen LogP contribution is -2.42. The number of hydrogen-bond acceptors (Lipinski definition) is 5. The Bertz CT molecular complexity index is 1050. The molecule has 0 spiro atoms. The van der Waals surface area contributed by atoms with Gasteiger partial charge in [-0.2, -0.15) is 4.52 Å². The predicted octanol–water partition coefficient (Wildman–Crippen LogP) is 4.10. The molecule has 0 aromatic carbocycles. The molecule has 3 aromatic heterocycles. The van der Waals surface area contributed by atoms with Crippen LogP contribution in [-0.2, 0) is 6.42 Å². The Labute approximate surface area is 162 Å². The number of likely N-dealkylation sites (tertiary alicyclic amines) is 1. The molecule has 7 heteroatoms. The molecule has 27 heavy (non-hydrogen) atoms. The van der Waals surface area contributed by atoms with E-state index < -0.39 is 0 Å². The zero-order valence-corrected chi connectivity index (χ0v) is 17.0. The summed E-state index contributed by atoms with van der Waals surface area (Å²) in [5.74, 6) is 1.57. The van der Waals surface area contributed by atoms with Gasteiger partial charge in [-0.25, -0.2) is 9.97 Å². The number of aryl methyl sites for hydroxylation is 2. The molecule has 2 aliphatic rings. The molecule has 1 saturated heterocycles. The van der Waals surface area contributed by atoms with Crippen molar-refractivity contribution in [1.29, 1.82) is 0 Å².